The number of carbonyl (C=O) groups is 1. The first-order valence-electron chi connectivity index (χ1n) is 9.23. The summed E-state index contributed by atoms with van der Waals surface area (Å²) in [7, 11) is 5.04. The molecule has 8 heteroatoms. The highest BCUT2D eigenvalue weighted by atomic mass is 16.5. The van der Waals surface area contributed by atoms with Crippen LogP contribution in [-0.4, -0.2) is 48.6 Å². The average molecular weight is 392 g/mol. The average Bonchev–Trinajstić information content (AvgIpc) is 2.79. The summed E-state index contributed by atoms with van der Waals surface area (Å²) in [6, 6.07) is 11.2. The zero-order chi connectivity index (χ0) is 20.6. The van der Waals surface area contributed by atoms with Gasteiger partial charge in [0.15, 0.2) is 0 Å². The second kappa shape index (κ2) is 9.50. The first-order chi connectivity index (χ1) is 14.1. The number of amides is 1. The van der Waals surface area contributed by atoms with Crippen molar-refractivity contribution in [2.75, 3.05) is 38.4 Å². The summed E-state index contributed by atoms with van der Waals surface area (Å²) in [4.78, 5) is 24.7. The van der Waals surface area contributed by atoms with E-state index in [2.05, 4.69) is 30.9 Å². The zero-order valence-electron chi connectivity index (χ0n) is 16.7. The van der Waals surface area contributed by atoms with Gasteiger partial charge in [-0.1, -0.05) is 6.07 Å². The smallest absolute Gasteiger partial charge is 0.251 e. The molecule has 0 unspecified atom stereocenters. The summed E-state index contributed by atoms with van der Waals surface area (Å²) in [5.74, 6) is 2.08. The van der Waals surface area contributed by atoms with Crippen molar-refractivity contribution in [3.05, 3.63) is 60.0 Å². The number of carbonyl (C=O) groups excluding carboxylic acids is 1. The highest BCUT2D eigenvalue weighted by molar-refractivity contribution is 5.94. The Labute approximate surface area is 169 Å². The van der Waals surface area contributed by atoms with Crippen molar-refractivity contribution in [1.29, 1.82) is 0 Å². The number of pyridine rings is 1. The maximum Gasteiger partial charge on any atom is 0.251 e. The van der Waals surface area contributed by atoms with Crippen LogP contribution in [-0.2, 0) is 6.42 Å². The van der Waals surface area contributed by atoms with E-state index in [9.17, 15) is 4.79 Å². The molecule has 1 amide bonds. The number of nitrogens with one attached hydrogen (secondary N) is 3. The lowest BCUT2D eigenvalue weighted by atomic mass is 10.1. The standard InChI is InChI=1S/C21H24N6O2/c1-22-19-7-6-16(12-25-19)17-11-20(27-13-26-17)24-9-8-14-4-5-15(21(28)23-2)10-18(14)29-3/h4-7,10-13H,8-9H2,1-3H3,(H,22,25)(H,23,28)(H,24,26,27). The molecular formula is C21H24N6O2. The van der Waals surface area contributed by atoms with E-state index in [1.807, 2.05) is 31.3 Å². The monoisotopic (exact) mass is 392 g/mol. The van der Waals surface area contributed by atoms with Gasteiger partial charge in [-0.3, -0.25) is 4.79 Å². The van der Waals surface area contributed by atoms with Crippen LogP contribution in [0.3, 0.4) is 0 Å². The number of methoxy groups -OCH3 is 1. The van der Waals surface area contributed by atoms with Gasteiger partial charge in [0, 0.05) is 44.0 Å². The number of ether oxygens (including phenoxy) is 1. The van der Waals surface area contributed by atoms with Gasteiger partial charge in [-0.05, 0) is 36.2 Å². The molecule has 0 saturated carbocycles. The third-order valence-electron chi connectivity index (χ3n) is 4.46. The van der Waals surface area contributed by atoms with Gasteiger partial charge in [0.2, 0.25) is 0 Å². The third-order valence-corrected chi connectivity index (χ3v) is 4.46. The number of rotatable bonds is 8. The van der Waals surface area contributed by atoms with Crippen molar-refractivity contribution in [3.63, 3.8) is 0 Å². The van der Waals surface area contributed by atoms with Gasteiger partial charge < -0.3 is 20.7 Å². The Hall–Kier alpha value is -3.68. The molecule has 0 radical (unpaired) electrons. The Balaban J connectivity index is 1.65. The first kappa shape index (κ1) is 20.1. The summed E-state index contributed by atoms with van der Waals surface area (Å²) in [5.41, 5.74) is 3.29. The quantitative estimate of drug-likeness (QED) is 0.542. The molecule has 2 heterocycles. The van der Waals surface area contributed by atoms with Crippen molar-refractivity contribution in [1.82, 2.24) is 20.3 Å². The number of hydrogen-bond donors (Lipinski definition) is 3. The Kier molecular flexibility index (Phi) is 6.57. The van der Waals surface area contributed by atoms with Crippen LogP contribution in [0.4, 0.5) is 11.6 Å². The molecule has 0 spiro atoms. The summed E-state index contributed by atoms with van der Waals surface area (Å²) in [6.45, 7) is 0.656. The van der Waals surface area contributed by atoms with Gasteiger partial charge in [0.25, 0.3) is 5.91 Å². The lowest BCUT2D eigenvalue weighted by Gasteiger charge is -2.11. The van der Waals surface area contributed by atoms with Crippen LogP contribution in [0.25, 0.3) is 11.3 Å². The van der Waals surface area contributed by atoms with E-state index in [4.69, 9.17) is 4.74 Å². The van der Waals surface area contributed by atoms with E-state index in [0.29, 0.717) is 17.9 Å². The largest absolute Gasteiger partial charge is 0.496 e. The summed E-state index contributed by atoms with van der Waals surface area (Å²) < 4.78 is 5.43. The Morgan fingerprint density at radius 2 is 1.90 bits per heavy atom. The molecule has 0 aliphatic carbocycles. The van der Waals surface area contributed by atoms with E-state index in [-0.39, 0.29) is 5.91 Å². The van der Waals surface area contributed by atoms with Gasteiger partial charge in [0.05, 0.1) is 12.8 Å². The fraction of sp³-hybridized carbons (Fsp3) is 0.238. The molecule has 3 rings (SSSR count). The van der Waals surface area contributed by atoms with Gasteiger partial charge in [0.1, 0.15) is 23.7 Å². The van der Waals surface area contributed by atoms with E-state index in [0.717, 1.165) is 34.9 Å². The summed E-state index contributed by atoms with van der Waals surface area (Å²) >= 11 is 0. The molecule has 0 aliphatic heterocycles. The Morgan fingerprint density at radius 3 is 2.59 bits per heavy atom. The van der Waals surface area contributed by atoms with Crippen LogP contribution in [0.2, 0.25) is 0 Å². The van der Waals surface area contributed by atoms with E-state index in [1.54, 1.807) is 32.5 Å². The van der Waals surface area contributed by atoms with Crippen molar-refractivity contribution in [2.24, 2.45) is 0 Å². The molecule has 0 fully saturated rings. The number of anilines is 2. The molecule has 0 saturated heterocycles. The topological polar surface area (TPSA) is 101 Å². The highest BCUT2D eigenvalue weighted by Crippen LogP contribution is 2.22. The van der Waals surface area contributed by atoms with Gasteiger partial charge >= 0.3 is 0 Å². The van der Waals surface area contributed by atoms with E-state index in [1.165, 1.54) is 6.33 Å². The number of nitrogens with zero attached hydrogens (tertiary/aromatic N) is 3. The SMILES string of the molecule is CNC(=O)c1ccc(CCNc2cc(-c3ccc(NC)nc3)ncn2)c(OC)c1. The number of aromatic nitrogens is 3. The maximum absolute atomic E-state index is 11.8. The van der Waals surface area contributed by atoms with Crippen LogP contribution >= 0.6 is 0 Å². The van der Waals surface area contributed by atoms with Crippen LogP contribution in [0.15, 0.2) is 48.9 Å². The molecule has 150 valence electrons. The van der Waals surface area contributed by atoms with Crippen LogP contribution in [0.1, 0.15) is 15.9 Å². The number of benzene rings is 1. The maximum atomic E-state index is 11.8. The minimum absolute atomic E-state index is 0.140. The molecule has 3 N–H and O–H groups in total. The fourth-order valence-electron chi connectivity index (χ4n) is 2.87. The lowest BCUT2D eigenvalue weighted by molar-refractivity contribution is 0.0962. The predicted molar refractivity (Wildman–Crippen MR) is 113 cm³/mol. The molecule has 1 aromatic carbocycles. The van der Waals surface area contributed by atoms with Crippen LogP contribution in [0, 0.1) is 0 Å². The molecule has 3 aromatic rings. The van der Waals surface area contributed by atoms with Crippen molar-refractivity contribution < 1.29 is 9.53 Å². The second-order valence-electron chi connectivity index (χ2n) is 6.25. The lowest BCUT2D eigenvalue weighted by Crippen LogP contribution is -2.18. The minimum atomic E-state index is -0.140. The Morgan fingerprint density at radius 1 is 1.03 bits per heavy atom. The predicted octanol–water partition coefficient (Wildman–Crippen LogP) is 2.60. The fourth-order valence-corrected chi connectivity index (χ4v) is 2.87. The summed E-state index contributed by atoms with van der Waals surface area (Å²) in [6.07, 6.45) is 4.02. The number of hydrogen-bond acceptors (Lipinski definition) is 7. The molecule has 0 atom stereocenters. The molecule has 29 heavy (non-hydrogen) atoms. The van der Waals surface area contributed by atoms with Crippen LogP contribution in [0.5, 0.6) is 5.75 Å². The minimum Gasteiger partial charge on any atom is -0.496 e. The van der Waals surface area contributed by atoms with Crippen molar-refractivity contribution in [2.45, 2.75) is 6.42 Å². The second-order valence-corrected chi connectivity index (χ2v) is 6.25. The highest BCUT2D eigenvalue weighted by Gasteiger charge is 2.09. The van der Waals surface area contributed by atoms with E-state index < -0.39 is 0 Å². The normalized spacial score (nSPS) is 10.3. The van der Waals surface area contributed by atoms with Crippen LogP contribution < -0.4 is 20.7 Å². The van der Waals surface area contributed by atoms with E-state index >= 15 is 0 Å². The summed E-state index contributed by atoms with van der Waals surface area (Å²) in [5, 5.41) is 8.91. The van der Waals surface area contributed by atoms with Gasteiger partial charge in [-0.2, -0.15) is 0 Å². The third kappa shape index (κ3) is 4.98. The molecule has 0 bridgehead atoms. The van der Waals surface area contributed by atoms with Crippen molar-refractivity contribution >= 4 is 17.5 Å². The zero-order valence-corrected chi connectivity index (χ0v) is 16.7. The molecule has 0 aliphatic rings. The van der Waals surface area contributed by atoms with Crippen molar-refractivity contribution in [3.8, 4) is 17.0 Å². The molecular weight excluding hydrogens is 368 g/mol. The molecule has 2 aromatic heterocycles. The molecule has 8 nitrogen and oxygen atoms in total. The van der Waals surface area contributed by atoms with Gasteiger partial charge in [-0.15, -0.1) is 0 Å². The first-order valence-corrected chi connectivity index (χ1v) is 9.23. The Bertz CT molecular complexity index is 975. The van der Waals surface area contributed by atoms with Gasteiger partial charge in [-0.25, -0.2) is 15.0 Å².